The molecule has 14 aromatic rings. The largest absolute Gasteiger partial charge is 0.489 e. The minimum absolute atomic E-state index is 0.0397. The van der Waals surface area contributed by atoms with Crippen LogP contribution in [0.5, 0.6) is 17.2 Å². The van der Waals surface area contributed by atoms with Crippen molar-refractivity contribution >= 4 is 142 Å². The lowest BCUT2D eigenvalue weighted by Crippen LogP contribution is -2.30. The number of carboxylic acid groups (broad SMARTS) is 1. The van der Waals surface area contributed by atoms with E-state index in [4.69, 9.17) is 137 Å². The number of aromatic nitrogens is 3. The van der Waals surface area contributed by atoms with Gasteiger partial charge in [-0.2, -0.15) is 0 Å². The van der Waals surface area contributed by atoms with Gasteiger partial charge in [0.2, 0.25) is 0 Å². The molecule has 0 saturated heterocycles. The standard InChI is InChI=1S/2C39H35Cl3N2O5S.C29H22Cl3NO4/c2*1-39(2,3)25-13-16-27(17-14-25)50(46,47)44-38(45)24-11-7-22(8-12-24)29-20-30(29)28-18-15-26(19-34(28)42)48-21-31-36(43-49-37(31)23-9-10-23)35-32(40)5-4-6-33(35)41;30-23-2-1-3-24(31)26(23)27-22(28(37-33-27)16-6-7-16)14-36-18-10-11-19(25(32)12-18)21-13-20(21)15-4-8-17(9-5-15)29(34)35/h2*4-8,11-19,23,29-30H,9-10,20-21H2,1-3H3,(H,44,45);1-5,8-12,16,20-21H,6-7,13-14H2,(H,34,35)/t2*29-,30-;20-,21-/m000/s1. The quantitative estimate of drug-likeness (QED) is 0.0411. The number of nitrogens with zero attached hydrogens (tertiary/aromatic N) is 3. The molecule has 6 atom stereocenters. The number of halogens is 9. The van der Waals surface area contributed by atoms with E-state index in [2.05, 4.69) is 24.9 Å². The fraction of sp³-hybridized carbons (Fsp3) is 0.271. The molecule has 30 heteroatoms. The van der Waals surface area contributed by atoms with E-state index in [1.165, 1.54) is 24.3 Å². The van der Waals surface area contributed by atoms with Gasteiger partial charge in [0, 0.05) is 60.6 Å². The lowest BCUT2D eigenvalue weighted by Gasteiger charge is -2.19. The molecule has 6 aliphatic rings. The van der Waals surface area contributed by atoms with E-state index in [1.54, 1.807) is 115 Å². The number of carbonyl (C=O) groups excluding carboxylic acids is 2. The van der Waals surface area contributed by atoms with Crippen LogP contribution in [0.15, 0.2) is 254 Å². The van der Waals surface area contributed by atoms with Crippen LogP contribution < -0.4 is 23.7 Å². The third kappa shape index (κ3) is 21.9. The number of sulfonamides is 2. The summed E-state index contributed by atoms with van der Waals surface area (Å²) >= 11 is 59.2. The van der Waals surface area contributed by atoms with Gasteiger partial charge >= 0.3 is 5.97 Å². The van der Waals surface area contributed by atoms with Crippen molar-refractivity contribution in [2.24, 2.45) is 0 Å². The van der Waals surface area contributed by atoms with Crippen LogP contribution in [0.25, 0.3) is 33.8 Å². The highest BCUT2D eigenvalue weighted by molar-refractivity contribution is 7.90. The van der Waals surface area contributed by atoms with Crippen molar-refractivity contribution in [3.05, 3.63) is 371 Å². The van der Waals surface area contributed by atoms with Gasteiger partial charge in [-0.25, -0.2) is 31.1 Å². The van der Waals surface area contributed by atoms with Gasteiger partial charge in [0.05, 0.1) is 62.2 Å². The van der Waals surface area contributed by atoms with E-state index in [-0.39, 0.29) is 80.8 Å². The first-order chi connectivity index (χ1) is 65.5. The van der Waals surface area contributed by atoms with Crippen LogP contribution in [-0.2, 0) is 50.7 Å². The molecule has 6 aliphatic carbocycles. The number of benzene rings is 11. The molecule has 3 aromatic heterocycles. The Morgan fingerprint density at radius 2 is 0.613 bits per heavy atom. The SMILES string of the molecule is CC(C)(C)c1ccc(S(=O)(=O)NC(=O)c2ccc([C@@H]3C[C@H]3c3ccc(OCc4c(-c5c(Cl)cccc5Cl)noc4C4CC4)cc3Cl)cc2)cc1.CC(C)(C)c1ccc(S(=O)(=O)NC(=O)c2ccc([C@@H]3C[C@H]3c3ccc(OCc4c(-c5c(Cl)cccc5Cl)noc4C4CC4)cc3Cl)cc2)cc1.O=C(O)c1ccc([C@@H]2C[C@H]2c2ccc(OCc3c(-c4c(Cl)cccc4Cl)noc3C3CC3)cc2Cl)cc1. The zero-order valence-corrected chi connectivity index (χ0v) is 83.4. The Morgan fingerprint density at radius 3 is 0.854 bits per heavy atom. The van der Waals surface area contributed by atoms with Gasteiger partial charge in [0.25, 0.3) is 31.9 Å². The Morgan fingerprint density at radius 1 is 0.350 bits per heavy atom. The van der Waals surface area contributed by atoms with Crippen molar-refractivity contribution in [3.63, 3.8) is 0 Å². The molecule has 6 saturated carbocycles. The van der Waals surface area contributed by atoms with Gasteiger partial charge in [-0.1, -0.05) is 258 Å². The van der Waals surface area contributed by atoms with Gasteiger partial charge in [-0.05, 0) is 282 Å². The summed E-state index contributed by atoms with van der Waals surface area (Å²) in [4.78, 5) is 37.0. The van der Waals surface area contributed by atoms with E-state index in [9.17, 15) is 31.2 Å². The molecular weight excluding hydrogens is 1960 g/mol. The van der Waals surface area contributed by atoms with Gasteiger partial charge in [-0.15, -0.1) is 0 Å². The van der Waals surface area contributed by atoms with Crippen LogP contribution >= 0.6 is 104 Å². The van der Waals surface area contributed by atoms with Gasteiger partial charge in [0.15, 0.2) is 0 Å². The lowest BCUT2D eigenvalue weighted by atomic mass is 9.87. The summed E-state index contributed by atoms with van der Waals surface area (Å²) in [5.74, 6) is 4.47. The maximum Gasteiger partial charge on any atom is 0.335 e. The molecule has 3 heterocycles. The Hall–Kier alpha value is -10.6. The molecule has 2 amide bonds. The Labute approximate surface area is 839 Å². The number of rotatable bonds is 28. The highest BCUT2D eigenvalue weighted by atomic mass is 35.5. The predicted octanol–water partition coefficient (Wildman–Crippen LogP) is 29.6. The first-order valence-electron chi connectivity index (χ1n) is 44.9. The zero-order valence-electron chi connectivity index (χ0n) is 74.9. The highest BCUT2D eigenvalue weighted by Crippen LogP contribution is 2.60. The van der Waals surface area contributed by atoms with Gasteiger partial charge < -0.3 is 32.9 Å². The van der Waals surface area contributed by atoms with E-state index in [0.29, 0.717) is 126 Å². The van der Waals surface area contributed by atoms with Gasteiger partial charge in [0.1, 0.15) is 71.4 Å². The summed E-state index contributed by atoms with van der Waals surface area (Å²) in [5.41, 5.74) is 15.1. The molecule has 20 rings (SSSR count). The number of carboxylic acids is 1. The summed E-state index contributed by atoms with van der Waals surface area (Å²) < 4.78 is 91.8. The van der Waals surface area contributed by atoms with Crippen molar-refractivity contribution in [2.75, 3.05) is 0 Å². The summed E-state index contributed by atoms with van der Waals surface area (Å²) in [5, 5.41) is 26.9. The first-order valence-corrected chi connectivity index (χ1v) is 51.3. The maximum atomic E-state index is 12.9. The molecule has 19 nitrogen and oxygen atoms in total. The monoisotopic (exact) mass is 2050 g/mol. The molecule has 137 heavy (non-hydrogen) atoms. The molecule has 0 spiro atoms. The van der Waals surface area contributed by atoms with E-state index >= 15 is 0 Å². The summed E-state index contributed by atoms with van der Waals surface area (Å²) in [6.07, 6.45) is 9.02. The first kappa shape index (κ1) is 96.6. The molecule has 6 fully saturated rings. The second kappa shape index (κ2) is 39.6. The molecule has 3 N–H and O–H groups in total. The average Bonchev–Trinajstić information content (AvgIpc) is 1.62. The molecule has 0 bridgehead atoms. The van der Waals surface area contributed by atoms with E-state index in [0.717, 1.165) is 136 Å². The second-order valence-corrected chi connectivity index (χ2v) is 44.6. The Balaban J connectivity index is 0.000000138. The summed E-state index contributed by atoms with van der Waals surface area (Å²) in [6.45, 7) is 13.0. The minimum Gasteiger partial charge on any atom is -0.489 e. The minimum atomic E-state index is -4.02. The van der Waals surface area contributed by atoms with Crippen molar-refractivity contribution in [2.45, 2.75) is 193 Å². The van der Waals surface area contributed by atoms with Crippen LogP contribution in [0.1, 0.15) is 262 Å². The van der Waals surface area contributed by atoms with Crippen LogP contribution in [0, 0.1) is 0 Å². The number of hydrogen-bond acceptors (Lipinski definition) is 16. The molecular formula is C107H92Cl9N5O14S2. The number of carbonyl (C=O) groups is 3. The highest BCUT2D eigenvalue weighted by Gasteiger charge is 2.45. The fourth-order valence-electron chi connectivity index (χ4n) is 17.4. The number of amides is 2. The molecule has 11 aromatic carbocycles. The second-order valence-electron chi connectivity index (χ2n) is 37.6. The predicted molar refractivity (Wildman–Crippen MR) is 535 cm³/mol. The Bertz CT molecular complexity index is 6840. The number of ether oxygens (including phenoxy) is 3. The van der Waals surface area contributed by atoms with Crippen LogP contribution in [0.2, 0.25) is 45.2 Å². The van der Waals surface area contributed by atoms with Crippen LogP contribution in [0.4, 0.5) is 0 Å². The molecule has 704 valence electrons. The van der Waals surface area contributed by atoms with Crippen LogP contribution in [-0.4, -0.2) is 55.2 Å². The van der Waals surface area contributed by atoms with E-state index < -0.39 is 37.8 Å². The lowest BCUT2D eigenvalue weighted by molar-refractivity contribution is 0.0696. The third-order valence-corrected chi connectivity index (χ3v) is 31.4. The summed E-state index contributed by atoms with van der Waals surface area (Å²) in [6, 6.07) is 67.6. The van der Waals surface area contributed by atoms with Crippen molar-refractivity contribution in [1.82, 2.24) is 24.9 Å². The molecule has 0 aliphatic heterocycles. The van der Waals surface area contributed by atoms with Crippen molar-refractivity contribution in [1.29, 1.82) is 0 Å². The number of aromatic carboxylic acids is 1. The normalized spacial score (nSPS) is 17.7. The fourth-order valence-corrected chi connectivity index (χ4v) is 22.0. The topological polar surface area (TPSA) is 270 Å². The van der Waals surface area contributed by atoms with Crippen molar-refractivity contribution in [3.8, 4) is 51.0 Å². The maximum absolute atomic E-state index is 12.9. The average molecular weight is 2060 g/mol. The number of hydrogen-bond donors (Lipinski definition) is 3. The molecule has 0 unspecified atom stereocenters. The zero-order chi connectivity index (χ0) is 96.4. The summed E-state index contributed by atoms with van der Waals surface area (Å²) in [7, 11) is -8.04. The van der Waals surface area contributed by atoms with Gasteiger partial charge in [-0.3, -0.25) is 9.59 Å². The smallest absolute Gasteiger partial charge is 0.335 e. The van der Waals surface area contributed by atoms with Crippen LogP contribution in [0.3, 0.4) is 0 Å². The molecule has 0 radical (unpaired) electrons. The Kier molecular flexibility index (Phi) is 27.9. The van der Waals surface area contributed by atoms with Crippen molar-refractivity contribution < 1.29 is 64.1 Å². The third-order valence-electron chi connectivity index (χ3n) is 25.8. The van der Waals surface area contributed by atoms with E-state index in [1.807, 2.05) is 133 Å². The number of nitrogens with one attached hydrogen (secondary N) is 2.